The SMILES string of the molecule is C=CCOc1ccc(/C=C2\SC(=O)N(Cc3ccccc3Br)C2=O)cc1OC. The molecule has 28 heavy (non-hydrogen) atoms. The smallest absolute Gasteiger partial charge is 0.293 e. The van der Waals surface area contributed by atoms with E-state index in [4.69, 9.17) is 9.47 Å². The van der Waals surface area contributed by atoms with Crippen molar-refractivity contribution in [3.05, 3.63) is 75.6 Å². The monoisotopic (exact) mass is 459 g/mol. The third kappa shape index (κ3) is 4.48. The van der Waals surface area contributed by atoms with Crippen LogP contribution in [0.5, 0.6) is 11.5 Å². The number of hydrogen-bond donors (Lipinski definition) is 0. The molecular weight excluding hydrogens is 442 g/mol. The summed E-state index contributed by atoms with van der Waals surface area (Å²) in [7, 11) is 1.55. The van der Waals surface area contributed by atoms with E-state index >= 15 is 0 Å². The minimum Gasteiger partial charge on any atom is -0.493 e. The van der Waals surface area contributed by atoms with Crippen LogP contribution in [-0.4, -0.2) is 29.8 Å². The number of methoxy groups -OCH3 is 1. The van der Waals surface area contributed by atoms with Gasteiger partial charge in [0.2, 0.25) is 0 Å². The predicted molar refractivity (Wildman–Crippen MR) is 114 cm³/mol. The van der Waals surface area contributed by atoms with E-state index in [1.54, 1.807) is 31.4 Å². The van der Waals surface area contributed by atoms with Gasteiger partial charge in [0, 0.05) is 4.47 Å². The molecule has 0 radical (unpaired) electrons. The molecule has 144 valence electrons. The first-order valence-corrected chi connectivity index (χ1v) is 10.0. The van der Waals surface area contributed by atoms with E-state index in [2.05, 4.69) is 22.5 Å². The van der Waals surface area contributed by atoms with E-state index in [0.717, 1.165) is 27.4 Å². The molecule has 0 atom stereocenters. The third-order valence-corrected chi connectivity index (χ3v) is 5.68. The molecular formula is C21H18BrNO4S. The van der Waals surface area contributed by atoms with Crippen LogP contribution in [0.25, 0.3) is 6.08 Å². The van der Waals surface area contributed by atoms with Crippen LogP contribution in [-0.2, 0) is 11.3 Å². The molecule has 0 saturated carbocycles. The molecule has 3 rings (SSSR count). The van der Waals surface area contributed by atoms with Crippen molar-refractivity contribution in [1.82, 2.24) is 4.90 Å². The van der Waals surface area contributed by atoms with Crippen molar-refractivity contribution in [3.63, 3.8) is 0 Å². The number of halogens is 1. The lowest BCUT2D eigenvalue weighted by Gasteiger charge is -2.13. The van der Waals surface area contributed by atoms with E-state index in [9.17, 15) is 9.59 Å². The molecule has 0 aromatic heterocycles. The van der Waals surface area contributed by atoms with E-state index < -0.39 is 0 Å². The molecule has 5 nitrogen and oxygen atoms in total. The average molecular weight is 460 g/mol. The highest BCUT2D eigenvalue weighted by atomic mass is 79.9. The molecule has 1 heterocycles. The summed E-state index contributed by atoms with van der Waals surface area (Å²) in [5, 5.41) is -0.287. The highest BCUT2D eigenvalue weighted by molar-refractivity contribution is 9.10. The van der Waals surface area contributed by atoms with Gasteiger partial charge in [0.05, 0.1) is 18.6 Å². The zero-order valence-corrected chi connectivity index (χ0v) is 17.6. The van der Waals surface area contributed by atoms with E-state index in [-0.39, 0.29) is 17.7 Å². The number of amides is 2. The minimum absolute atomic E-state index is 0.223. The van der Waals surface area contributed by atoms with Gasteiger partial charge in [-0.25, -0.2) is 0 Å². The Balaban J connectivity index is 1.81. The number of thioether (sulfide) groups is 1. The van der Waals surface area contributed by atoms with Crippen molar-refractivity contribution in [2.24, 2.45) is 0 Å². The van der Waals surface area contributed by atoms with Gasteiger partial charge in [-0.3, -0.25) is 14.5 Å². The van der Waals surface area contributed by atoms with Gasteiger partial charge < -0.3 is 9.47 Å². The standard InChI is InChI=1S/C21H18BrNO4S/c1-3-10-27-17-9-8-14(11-18(17)26-2)12-19-20(24)23(21(25)28-19)13-15-6-4-5-7-16(15)22/h3-9,11-12H,1,10,13H2,2H3/b19-12-. The Hall–Kier alpha value is -2.51. The highest BCUT2D eigenvalue weighted by Gasteiger charge is 2.35. The van der Waals surface area contributed by atoms with Crippen molar-refractivity contribution >= 4 is 44.9 Å². The number of carbonyl (C=O) groups excluding carboxylic acids is 2. The normalized spacial score (nSPS) is 15.2. The lowest BCUT2D eigenvalue weighted by molar-refractivity contribution is -0.123. The Labute approximate surface area is 176 Å². The topological polar surface area (TPSA) is 55.8 Å². The summed E-state index contributed by atoms with van der Waals surface area (Å²) in [6.45, 7) is 4.21. The Morgan fingerprint density at radius 3 is 2.68 bits per heavy atom. The lowest BCUT2D eigenvalue weighted by atomic mass is 10.1. The Kier molecular flexibility index (Phi) is 6.59. The Bertz CT molecular complexity index is 957. The lowest BCUT2D eigenvalue weighted by Crippen LogP contribution is -2.27. The molecule has 1 saturated heterocycles. The zero-order chi connectivity index (χ0) is 20.1. The van der Waals surface area contributed by atoms with Crippen LogP contribution in [0.2, 0.25) is 0 Å². The van der Waals surface area contributed by atoms with Crippen LogP contribution >= 0.6 is 27.7 Å². The molecule has 2 amide bonds. The van der Waals surface area contributed by atoms with Crippen molar-refractivity contribution < 1.29 is 19.1 Å². The zero-order valence-electron chi connectivity index (χ0n) is 15.2. The highest BCUT2D eigenvalue weighted by Crippen LogP contribution is 2.35. The fraction of sp³-hybridized carbons (Fsp3) is 0.143. The number of benzene rings is 2. The van der Waals surface area contributed by atoms with Crippen LogP contribution in [0.15, 0.2) is 64.5 Å². The van der Waals surface area contributed by atoms with Crippen molar-refractivity contribution in [1.29, 1.82) is 0 Å². The van der Waals surface area contributed by atoms with Gasteiger partial charge in [0.15, 0.2) is 11.5 Å². The summed E-state index contributed by atoms with van der Waals surface area (Å²) < 4.78 is 11.7. The van der Waals surface area contributed by atoms with Gasteiger partial charge in [-0.2, -0.15) is 0 Å². The summed E-state index contributed by atoms with van der Waals surface area (Å²) in [6, 6.07) is 12.9. The third-order valence-electron chi connectivity index (χ3n) is 4.00. The van der Waals surface area contributed by atoms with E-state index in [0.29, 0.717) is 23.0 Å². The number of carbonyl (C=O) groups is 2. The second kappa shape index (κ2) is 9.12. The fourth-order valence-electron chi connectivity index (χ4n) is 2.63. The van der Waals surface area contributed by atoms with E-state index in [1.807, 2.05) is 30.3 Å². The number of ether oxygens (including phenoxy) is 2. The number of imide groups is 1. The van der Waals surface area contributed by atoms with Gasteiger partial charge in [0.25, 0.3) is 11.1 Å². The summed E-state index contributed by atoms with van der Waals surface area (Å²) in [5.41, 5.74) is 1.62. The first-order valence-electron chi connectivity index (χ1n) is 8.44. The van der Waals surface area contributed by atoms with Crippen LogP contribution in [0, 0.1) is 0 Å². The number of hydrogen-bond acceptors (Lipinski definition) is 5. The fourth-order valence-corrected chi connectivity index (χ4v) is 3.88. The molecule has 0 N–H and O–H groups in total. The summed E-state index contributed by atoms with van der Waals surface area (Å²) in [4.78, 5) is 26.7. The minimum atomic E-state index is -0.309. The Morgan fingerprint density at radius 1 is 1.18 bits per heavy atom. The molecule has 0 aliphatic carbocycles. The molecule has 2 aromatic rings. The second-order valence-electron chi connectivity index (χ2n) is 5.87. The first-order chi connectivity index (χ1) is 13.5. The van der Waals surface area contributed by atoms with Gasteiger partial charge in [0.1, 0.15) is 6.61 Å². The maximum Gasteiger partial charge on any atom is 0.293 e. The Morgan fingerprint density at radius 2 is 1.96 bits per heavy atom. The largest absolute Gasteiger partial charge is 0.493 e. The maximum atomic E-state index is 12.7. The van der Waals surface area contributed by atoms with Gasteiger partial charge in [-0.15, -0.1) is 0 Å². The molecule has 1 aliphatic rings. The van der Waals surface area contributed by atoms with E-state index in [1.165, 1.54) is 4.90 Å². The number of nitrogens with zero attached hydrogens (tertiary/aromatic N) is 1. The van der Waals surface area contributed by atoms with Crippen LogP contribution < -0.4 is 9.47 Å². The second-order valence-corrected chi connectivity index (χ2v) is 7.72. The molecule has 7 heteroatoms. The molecule has 0 unspecified atom stereocenters. The molecule has 1 aliphatic heterocycles. The first kappa shape index (κ1) is 20.2. The quantitative estimate of drug-likeness (QED) is 0.417. The van der Waals surface area contributed by atoms with Crippen LogP contribution in [0.1, 0.15) is 11.1 Å². The van der Waals surface area contributed by atoms with Crippen LogP contribution in [0.4, 0.5) is 4.79 Å². The van der Waals surface area contributed by atoms with Gasteiger partial charge in [-0.1, -0.05) is 52.9 Å². The molecule has 0 bridgehead atoms. The predicted octanol–water partition coefficient (Wildman–Crippen LogP) is 5.26. The summed E-state index contributed by atoms with van der Waals surface area (Å²) in [6.07, 6.45) is 3.33. The molecule has 1 fully saturated rings. The summed E-state index contributed by atoms with van der Waals surface area (Å²) >= 11 is 4.38. The molecule has 2 aromatic carbocycles. The van der Waals surface area contributed by atoms with Crippen molar-refractivity contribution in [2.45, 2.75) is 6.54 Å². The van der Waals surface area contributed by atoms with Crippen LogP contribution in [0.3, 0.4) is 0 Å². The number of rotatable bonds is 7. The molecule has 0 spiro atoms. The average Bonchev–Trinajstić information content (AvgIpc) is 2.95. The maximum absolute atomic E-state index is 12.7. The van der Waals surface area contributed by atoms with Crippen molar-refractivity contribution in [3.8, 4) is 11.5 Å². The van der Waals surface area contributed by atoms with Gasteiger partial charge in [-0.05, 0) is 47.2 Å². The van der Waals surface area contributed by atoms with Crippen molar-refractivity contribution in [2.75, 3.05) is 13.7 Å². The summed E-state index contributed by atoms with van der Waals surface area (Å²) in [5.74, 6) is 0.821. The van der Waals surface area contributed by atoms with Gasteiger partial charge >= 0.3 is 0 Å².